The maximum absolute atomic E-state index is 10.4. The van der Waals surface area contributed by atoms with Gasteiger partial charge < -0.3 is 29.0 Å². The van der Waals surface area contributed by atoms with Crippen LogP contribution in [-0.4, -0.2) is 16.6 Å². The summed E-state index contributed by atoms with van der Waals surface area (Å²) in [5, 5.41) is 0. The normalized spacial score (nSPS) is 16.5. The van der Waals surface area contributed by atoms with Crippen molar-refractivity contribution in [1.29, 1.82) is 0 Å². The van der Waals surface area contributed by atoms with Gasteiger partial charge >= 0.3 is 96.5 Å². The Labute approximate surface area is 168 Å². The Morgan fingerprint density at radius 3 is 1.39 bits per heavy atom. The van der Waals surface area contributed by atoms with Crippen molar-refractivity contribution in [3.8, 4) is 0 Å². The molecule has 18 heavy (non-hydrogen) atoms. The van der Waals surface area contributed by atoms with Crippen molar-refractivity contribution in [1.82, 2.24) is 0 Å². The number of hydrogen-bond acceptors (Lipinski definition) is 9. The van der Waals surface area contributed by atoms with Crippen LogP contribution in [0.15, 0.2) is 0 Å². The van der Waals surface area contributed by atoms with E-state index in [1.807, 2.05) is 0 Å². The van der Waals surface area contributed by atoms with Crippen molar-refractivity contribution in [3.63, 3.8) is 0 Å². The molecule has 0 saturated carbocycles. The largest absolute Gasteiger partial charge is 1.00 e. The molecule has 1 rings (SSSR count). The molecule has 0 aliphatic carbocycles. The molecule has 11 nitrogen and oxygen atoms in total. The van der Waals surface area contributed by atoms with Crippen LogP contribution in [0.1, 0.15) is 0 Å². The molecule has 0 bridgehead atoms. The van der Waals surface area contributed by atoms with E-state index in [0.29, 0.717) is 0 Å². The van der Waals surface area contributed by atoms with Crippen LogP contribution in [0.25, 0.3) is 0 Å². The molecule has 0 unspecified atom stereocenters. The van der Waals surface area contributed by atoms with E-state index in [2.05, 4.69) is 13.4 Å². The van der Waals surface area contributed by atoms with Gasteiger partial charge in [0, 0.05) is 0 Å². The second kappa shape index (κ2) is 11.9. The molecule has 2 N–H and O–H groups in total. The average Bonchev–Trinajstić information content (AvgIpc) is 1.75. The zero-order valence-electron chi connectivity index (χ0n) is 9.62. The summed E-state index contributed by atoms with van der Waals surface area (Å²) in [6.45, 7) is -0.322. The number of hydrogen-bond donors (Lipinski definition) is 2. The smallest absolute Gasteiger partial charge is 0.789 e. The van der Waals surface area contributed by atoms with E-state index in [0.717, 1.165) is 0 Å². The van der Waals surface area contributed by atoms with Crippen molar-refractivity contribution in [2.75, 3.05) is 6.79 Å². The molecule has 0 amide bonds. The van der Waals surface area contributed by atoms with Crippen LogP contribution in [0.5, 0.6) is 0 Å². The van der Waals surface area contributed by atoms with Crippen LogP contribution < -0.4 is 103 Å². The molecule has 0 atom stereocenters. The van der Waals surface area contributed by atoms with E-state index in [4.69, 9.17) is 19.2 Å². The van der Waals surface area contributed by atoms with E-state index in [1.165, 1.54) is 0 Å². The molecule has 0 spiro atoms. The number of phosphoric ester groups is 1. The first-order valence-corrected chi connectivity index (χ1v) is 7.25. The molecular weight excluding hydrogens is 350 g/mol. The van der Waals surface area contributed by atoms with Crippen LogP contribution in [0.4, 0.5) is 0 Å². The van der Waals surface area contributed by atoms with Crippen LogP contribution in [0, 0.1) is 0 Å². The van der Waals surface area contributed by atoms with Crippen LogP contribution in [0.2, 0.25) is 0 Å². The summed E-state index contributed by atoms with van der Waals surface area (Å²) in [5.41, 5.74) is 0. The third kappa shape index (κ3) is 21.7. The van der Waals surface area contributed by atoms with Gasteiger partial charge in [-0.3, -0.25) is 17.9 Å². The fourth-order valence-electron chi connectivity index (χ4n) is 0.308. The molecule has 1 aliphatic rings. The molecule has 0 aromatic carbocycles. The molecule has 1 heterocycles. The molecular formula is CH4Na3O11P3. The van der Waals surface area contributed by atoms with Gasteiger partial charge in [-0.2, -0.15) is 0 Å². The molecule has 0 radical (unpaired) electrons. The summed E-state index contributed by atoms with van der Waals surface area (Å²) in [6.07, 6.45) is 0. The van der Waals surface area contributed by atoms with E-state index in [1.54, 1.807) is 0 Å². The van der Waals surface area contributed by atoms with E-state index >= 15 is 0 Å². The summed E-state index contributed by atoms with van der Waals surface area (Å²) in [6, 6.07) is 0. The van der Waals surface area contributed by atoms with Crippen LogP contribution in [-0.2, 0) is 27.1 Å². The quantitative estimate of drug-likeness (QED) is 0.354. The molecule has 1 fully saturated rings. The SMILES string of the molecule is O=P([O-])(O)O.O=P([O-])([O-])OP1(=O)OCO1.[Na+].[Na+].[Na+]. The fraction of sp³-hybridized carbons (Fsp3) is 1.00. The maximum atomic E-state index is 10.4. The van der Waals surface area contributed by atoms with Gasteiger partial charge in [-0.15, -0.1) is 0 Å². The predicted octanol–water partition coefficient (Wildman–Crippen LogP) is -11.6. The molecule has 1 saturated heterocycles. The Morgan fingerprint density at radius 1 is 1.06 bits per heavy atom. The monoisotopic (exact) mass is 354 g/mol. The van der Waals surface area contributed by atoms with Gasteiger partial charge in [0.15, 0.2) is 6.79 Å². The number of rotatable bonds is 2. The van der Waals surface area contributed by atoms with Gasteiger partial charge in [-0.05, 0) is 0 Å². The molecule has 92 valence electrons. The Bertz CT molecular complexity index is 327. The Balaban J connectivity index is -0.000000109. The van der Waals surface area contributed by atoms with E-state index in [-0.39, 0.29) is 95.5 Å². The predicted molar refractivity (Wildman–Crippen MR) is 35.4 cm³/mol. The van der Waals surface area contributed by atoms with E-state index in [9.17, 15) is 18.9 Å². The summed E-state index contributed by atoms with van der Waals surface area (Å²) in [5.74, 6) is 0. The van der Waals surface area contributed by atoms with Crippen molar-refractivity contribution < 1.29 is 140 Å². The van der Waals surface area contributed by atoms with Gasteiger partial charge in [-0.1, -0.05) is 0 Å². The minimum absolute atomic E-state index is 0. The average molecular weight is 354 g/mol. The molecule has 0 aromatic rings. The van der Waals surface area contributed by atoms with E-state index < -0.39 is 23.5 Å². The second-order valence-electron chi connectivity index (χ2n) is 1.84. The van der Waals surface area contributed by atoms with Crippen molar-refractivity contribution in [2.24, 2.45) is 0 Å². The first-order valence-electron chi connectivity index (χ1n) is 2.80. The third-order valence-electron chi connectivity index (χ3n) is 0.622. The van der Waals surface area contributed by atoms with Crippen LogP contribution in [0.3, 0.4) is 0 Å². The van der Waals surface area contributed by atoms with Crippen molar-refractivity contribution >= 4 is 23.5 Å². The fourth-order valence-corrected chi connectivity index (χ4v) is 1.94. The first-order chi connectivity index (χ1) is 6.41. The van der Waals surface area contributed by atoms with Gasteiger partial charge in [0.25, 0.3) is 7.82 Å². The van der Waals surface area contributed by atoms with Gasteiger partial charge in [0.2, 0.25) is 0 Å². The van der Waals surface area contributed by atoms with Crippen molar-refractivity contribution in [3.05, 3.63) is 0 Å². The second-order valence-corrected chi connectivity index (χ2v) is 5.78. The maximum Gasteiger partial charge on any atom is 1.00 e. The minimum Gasteiger partial charge on any atom is -0.789 e. The topological polar surface area (TPSA) is 189 Å². The van der Waals surface area contributed by atoms with Gasteiger partial charge in [0.1, 0.15) is 0 Å². The summed E-state index contributed by atoms with van der Waals surface area (Å²) in [7, 11) is -14.2. The molecule has 1 aliphatic heterocycles. The summed E-state index contributed by atoms with van der Waals surface area (Å²) >= 11 is 0. The van der Waals surface area contributed by atoms with Gasteiger partial charge in [0.05, 0.1) is 7.82 Å². The first kappa shape index (κ1) is 29.4. The van der Waals surface area contributed by atoms with Crippen LogP contribution >= 0.6 is 23.5 Å². The molecule has 0 aromatic heterocycles. The Kier molecular flexibility index (Phi) is 19.4. The van der Waals surface area contributed by atoms with Gasteiger partial charge in [-0.25, -0.2) is 4.57 Å². The standard InChI is InChI=1S/CH4O7P2.3Na.H3O4P/c2-9(3,4)8-10(5)6-1-7-10;;;;1-5(2,3)4/h1H2,(H2,2,3,4);;;;(H3,1,2,3,4)/q;3*+1;/p-3. The Hall–Kier alpha value is 3.37. The zero-order chi connectivity index (χ0) is 12.3. The van der Waals surface area contributed by atoms with Crippen molar-refractivity contribution in [2.45, 2.75) is 0 Å². The molecule has 17 heteroatoms. The summed E-state index contributed by atoms with van der Waals surface area (Å²) < 4.78 is 40.5. The third-order valence-corrected chi connectivity index (χ3v) is 3.06. The zero-order valence-corrected chi connectivity index (χ0v) is 18.3. The number of phosphoric acid groups is 3. The minimum atomic E-state index is -5.27. The summed E-state index contributed by atoms with van der Waals surface area (Å²) in [4.78, 5) is 42.4. The Morgan fingerprint density at radius 2 is 1.33 bits per heavy atom.